The molecule has 8 atom stereocenters. The fraction of sp³-hybridized carbons (Fsp3) is 0.786. The maximum Gasteiger partial charge on any atom is 0.312 e. The molecule has 36 heavy (non-hydrogen) atoms. The first-order valence-corrected chi connectivity index (χ1v) is 13.1. The van der Waals surface area contributed by atoms with Crippen molar-refractivity contribution in [3.8, 4) is 0 Å². The fourth-order valence-corrected chi connectivity index (χ4v) is 7.78. The van der Waals surface area contributed by atoms with Gasteiger partial charge < -0.3 is 29.2 Å². The number of allylic oxidation sites excluding steroid dienone is 2. The highest BCUT2D eigenvalue weighted by Gasteiger charge is 2.76. The summed E-state index contributed by atoms with van der Waals surface area (Å²) >= 11 is 0. The Labute approximate surface area is 213 Å². The number of aliphatic hydroxyl groups is 2. The van der Waals surface area contributed by atoms with Crippen LogP contribution in [-0.4, -0.2) is 58.1 Å². The Hall–Kier alpha value is -1.74. The van der Waals surface area contributed by atoms with E-state index in [9.17, 15) is 19.8 Å². The van der Waals surface area contributed by atoms with Gasteiger partial charge in [-0.25, -0.2) is 0 Å². The molecular formula is C28H40O8. The van der Waals surface area contributed by atoms with Crippen LogP contribution in [0.25, 0.3) is 0 Å². The zero-order chi connectivity index (χ0) is 26.4. The third-order valence-corrected chi connectivity index (χ3v) is 10.4. The molecule has 4 heterocycles. The third-order valence-electron chi connectivity index (χ3n) is 10.4. The maximum absolute atomic E-state index is 11.6. The van der Waals surface area contributed by atoms with Crippen LogP contribution in [0.3, 0.4) is 0 Å². The van der Waals surface area contributed by atoms with Crippen LogP contribution in [0.15, 0.2) is 24.3 Å². The number of hydrogen-bond donors (Lipinski definition) is 2. The largest absolute Gasteiger partial charge is 0.452 e. The van der Waals surface area contributed by atoms with Gasteiger partial charge in [0, 0.05) is 10.8 Å². The highest BCUT2D eigenvalue weighted by atomic mass is 16.7. The summed E-state index contributed by atoms with van der Waals surface area (Å²) in [4.78, 5) is 23.3. The van der Waals surface area contributed by atoms with Gasteiger partial charge >= 0.3 is 11.9 Å². The molecule has 0 bridgehead atoms. The summed E-state index contributed by atoms with van der Waals surface area (Å²) in [7, 11) is 0. The predicted octanol–water partition coefficient (Wildman–Crippen LogP) is 3.55. The summed E-state index contributed by atoms with van der Waals surface area (Å²) in [5.41, 5.74) is -0.135. The van der Waals surface area contributed by atoms with Crippen LogP contribution in [0, 0.1) is 22.7 Å². The SMILES string of the molecule is C=C(C)[C@@H]1CC[C@@]2(C)CO[C@]3(O)CC(=O)O[C@]23C1.C=C(C)[C@@H]1CC[C@@]2(C)CO[C@]3(O)CC(=O)O[C@]23C1. The maximum atomic E-state index is 11.6. The van der Waals surface area contributed by atoms with Crippen LogP contribution >= 0.6 is 0 Å². The number of esters is 2. The van der Waals surface area contributed by atoms with E-state index in [1.807, 2.05) is 13.8 Å². The predicted molar refractivity (Wildman–Crippen MR) is 129 cm³/mol. The van der Waals surface area contributed by atoms with Crippen molar-refractivity contribution < 1.29 is 38.7 Å². The zero-order valence-electron chi connectivity index (χ0n) is 22.0. The topological polar surface area (TPSA) is 112 Å². The van der Waals surface area contributed by atoms with Gasteiger partial charge in [0.15, 0.2) is 11.2 Å². The second-order valence-electron chi connectivity index (χ2n) is 12.8. The summed E-state index contributed by atoms with van der Waals surface area (Å²) in [6, 6.07) is 0. The van der Waals surface area contributed by atoms with Gasteiger partial charge in [-0.15, -0.1) is 0 Å². The number of carbonyl (C=O) groups is 2. The first kappa shape index (κ1) is 25.9. The molecule has 2 saturated carbocycles. The van der Waals surface area contributed by atoms with Crippen molar-refractivity contribution in [2.75, 3.05) is 13.2 Å². The molecule has 2 aliphatic carbocycles. The highest BCUT2D eigenvalue weighted by molar-refractivity contribution is 5.75. The van der Waals surface area contributed by atoms with Crippen molar-refractivity contribution in [2.45, 2.75) is 102 Å². The molecule has 8 heteroatoms. The van der Waals surface area contributed by atoms with Gasteiger partial charge in [-0.1, -0.05) is 38.2 Å². The Morgan fingerprint density at radius 2 is 1.14 bits per heavy atom. The van der Waals surface area contributed by atoms with E-state index < -0.39 is 22.8 Å². The van der Waals surface area contributed by atoms with Gasteiger partial charge in [0.05, 0.1) is 13.2 Å². The minimum atomic E-state index is -1.44. The summed E-state index contributed by atoms with van der Waals surface area (Å²) in [5.74, 6) is -3.01. The van der Waals surface area contributed by atoms with Crippen LogP contribution in [-0.2, 0) is 28.5 Å². The standard InChI is InChI=1S/2C14H20O4/c2*1-9(2)10-4-5-12(3)8-17-14(16)7-11(15)18-13(12,14)6-10/h2*10,16H,1,4-8H2,2-3H3/t2*10-,12+,13-,14-/m11/s1. The average Bonchev–Trinajstić information content (AvgIpc) is 3.35. The van der Waals surface area contributed by atoms with Crippen molar-refractivity contribution in [3.05, 3.63) is 24.3 Å². The lowest BCUT2D eigenvalue weighted by Gasteiger charge is -2.48. The van der Waals surface area contributed by atoms with Crippen LogP contribution in [0.1, 0.15) is 79.1 Å². The fourth-order valence-electron chi connectivity index (χ4n) is 7.78. The molecule has 0 aromatic heterocycles. The second kappa shape index (κ2) is 7.88. The first-order chi connectivity index (χ1) is 16.6. The van der Waals surface area contributed by atoms with E-state index >= 15 is 0 Å². The Kier molecular flexibility index (Phi) is 5.67. The Morgan fingerprint density at radius 3 is 1.47 bits per heavy atom. The lowest BCUT2D eigenvalue weighted by Crippen LogP contribution is -2.58. The Balaban J connectivity index is 0.000000148. The van der Waals surface area contributed by atoms with E-state index in [1.165, 1.54) is 0 Å². The van der Waals surface area contributed by atoms with E-state index in [0.29, 0.717) is 26.1 Å². The monoisotopic (exact) mass is 504 g/mol. The van der Waals surface area contributed by atoms with Gasteiger partial charge in [0.25, 0.3) is 0 Å². The van der Waals surface area contributed by atoms with E-state index in [0.717, 1.165) is 36.8 Å². The highest BCUT2D eigenvalue weighted by Crippen LogP contribution is 2.64. The molecule has 6 fully saturated rings. The zero-order valence-corrected chi connectivity index (χ0v) is 22.0. The first-order valence-electron chi connectivity index (χ1n) is 13.1. The van der Waals surface area contributed by atoms with Gasteiger partial charge in [-0.2, -0.15) is 0 Å². The van der Waals surface area contributed by atoms with Crippen molar-refractivity contribution >= 4 is 11.9 Å². The molecule has 0 amide bonds. The number of carbonyl (C=O) groups excluding carboxylic acids is 2. The average molecular weight is 505 g/mol. The quantitative estimate of drug-likeness (QED) is 0.434. The molecule has 200 valence electrons. The molecule has 4 saturated heterocycles. The Morgan fingerprint density at radius 1 is 0.778 bits per heavy atom. The van der Waals surface area contributed by atoms with Crippen LogP contribution in [0.5, 0.6) is 0 Å². The Bertz CT molecular complexity index is 943. The molecule has 0 aromatic carbocycles. The van der Waals surface area contributed by atoms with Gasteiger partial charge in [-0.3, -0.25) is 9.59 Å². The van der Waals surface area contributed by atoms with Crippen molar-refractivity contribution in [1.29, 1.82) is 0 Å². The van der Waals surface area contributed by atoms with Crippen LogP contribution in [0.4, 0.5) is 0 Å². The molecule has 0 aromatic rings. The van der Waals surface area contributed by atoms with Gasteiger partial charge in [0.1, 0.15) is 12.8 Å². The number of rotatable bonds is 2. The van der Waals surface area contributed by atoms with Crippen LogP contribution in [0.2, 0.25) is 0 Å². The van der Waals surface area contributed by atoms with Gasteiger partial charge in [-0.05, 0) is 64.2 Å². The normalized spacial score (nSPS) is 50.6. The minimum absolute atomic E-state index is 0.0501. The lowest BCUT2D eigenvalue weighted by atomic mass is 9.59. The third kappa shape index (κ3) is 3.27. The molecule has 8 nitrogen and oxygen atoms in total. The minimum Gasteiger partial charge on any atom is -0.452 e. The molecular weight excluding hydrogens is 464 g/mol. The van der Waals surface area contributed by atoms with Crippen molar-refractivity contribution in [2.24, 2.45) is 22.7 Å². The second-order valence-corrected chi connectivity index (χ2v) is 12.8. The summed E-state index contributed by atoms with van der Waals surface area (Å²) in [6.07, 6.45) is 4.97. The summed E-state index contributed by atoms with van der Waals surface area (Å²) in [5, 5.41) is 21.3. The number of hydrogen-bond acceptors (Lipinski definition) is 8. The van der Waals surface area contributed by atoms with E-state index in [1.54, 1.807) is 0 Å². The molecule has 0 unspecified atom stereocenters. The molecule has 6 rings (SSSR count). The van der Waals surface area contributed by atoms with Crippen LogP contribution < -0.4 is 0 Å². The van der Waals surface area contributed by atoms with Crippen molar-refractivity contribution in [3.63, 3.8) is 0 Å². The summed E-state index contributed by atoms with van der Waals surface area (Å²) in [6.45, 7) is 17.0. The lowest BCUT2D eigenvalue weighted by molar-refractivity contribution is -0.241. The van der Waals surface area contributed by atoms with E-state index in [-0.39, 0.29) is 47.4 Å². The van der Waals surface area contributed by atoms with Gasteiger partial charge in [0.2, 0.25) is 11.6 Å². The molecule has 6 aliphatic rings. The molecule has 2 spiro atoms. The molecule has 2 N–H and O–H groups in total. The van der Waals surface area contributed by atoms with Crippen molar-refractivity contribution in [1.82, 2.24) is 0 Å². The molecule has 0 radical (unpaired) electrons. The van der Waals surface area contributed by atoms with E-state index in [2.05, 4.69) is 27.0 Å². The van der Waals surface area contributed by atoms with E-state index in [4.69, 9.17) is 18.9 Å². The molecule has 4 aliphatic heterocycles. The smallest absolute Gasteiger partial charge is 0.312 e. The number of ether oxygens (including phenoxy) is 4. The summed E-state index contributed by atoms with van der Waals surface area (Å²) < 4.78 is 22.4.